The van der Waals surface area contributed by atoms with Crippen molar-refractivity contribution in [2.45, 2.75) is 17.3 Å². The van der Waals surface area contributed by atoms with Crippen molar-refractivity contribution < 1.29 is 34.1 Å². The van der Waals surface area contributed by atoms with Gasteiger partial charge in [0.15, 0.2) is 17.0 Å². The lowest BCUT2D eigenvalue weighted by Crippen LogP contribution is -2.66. The van der Waals surface area contributed by atoms with Gasteiger partial charge in [-0.1, -0.05) is 78.9 Å². The Bertz CT molecular complexity index is 1150. The Morgan fingerprint density at radius 2 is 1.21 bits per heavy atom. The quantitative estimate of drug-likeness (QED) is 0.424. The minimum atomic E-state index is -2.70. The molecular weight excluding hydrogens is 424 g/mol. The SMILES string of the molecule is O=C(OC[C@H]1OC[C@@](O)(C(=O)c2ccccc2)[C@@]1(O)C(=O)c1ccccc1)c1ccccc1. The first-order valence-electron chi connectivity index (χ1n) is 10.4. The van der Waals surface area contributed by atoms with E-state index in [4.69, 9.17) is 9.47 Å². The highest BCUT2D eigenvalue weighted by Gasteiger charge is 2.68. The van der Waals surface area contributed by atoms with Crippen molar-refractivity contribution in [2.75, 3.05) is 13.2 Å². The third kappa shape index (κ3) is 3.98. The third-order valence-electron chi connectivity index (χ3n) is 5.76. The van der Waals surface area contributed by atoms with E-state index in [1.807, 2.05) is 0 Å². The van der Waals surface area contributed by atoms with E-state index in [1.165, 1.54) is 24.3 Å². The molecule has 33 heavy (non-hydrogen) atoms. The van der Waals surface area contributed by atoms with E-state index in [-0.39, 0.29) is 16.7 Å². The zero-order valence-electron chi connectivity index (χ0n) is 17.6. The van der Waals surface area contributed by atoms with Crippen molar-refractivity contribution >= 4 is 17.5 Å². The lowest BCUT2D eigenvalue weighted by Gasteiger charge is -2.36. The van der Waals surface area contributed by atoms with Crippen LogP contribution in [0.1, 0.15) is 31.1 Å². The van der Waals surface area contributed by atoms with E-state index >= 15 is 0 Å². The van der Waals surface area contributed by atoms with Crippen LogP contribution in [0.4, 0.5) is 0 Å². The predicted molar refractivity (Wildman–Crippen MR) is 118 cm³/mol. The smallest absolute Gasteiger partial charge is 0.338 e. The Morgan fingerprint density at radius 1 is 0.758 bits per heavy atom. The number of hydrogen-bond acceptors (Lipinski definition) is 7. The van der Waals surface area contributed by atoms with Crippen LogP contribution in [0.15, 0.2) is 91.0 Å². The minimum absolute atomic E-state index is 0.0733. The van der Waals surface area contributed by atoms with Crippen molar-refractivity contribution in [2.24, 2.45) is 0 Å². The van der Waals surface area contributed by atoms with Crippen molar-refractivity contribution in [3.8, 4) is 0 Å². The molecule has 4 rings (SSSR count). The maximum Gasteiger partial charge on any atom is 0.338 e. The average molecular weight is 446 g/mol. The van der Waals surface area contributed by atoms with E-state index in [0.717, 1.165) is 0 Å². The fraction of sp³-hybridized carbons (Fsp3) is 0.192. The fourth-order valence-corrected chi connectivity index (χ4v) is 3.91. The standard InChI is InChI=1S/C26H22O7/c27-22(18-10-4-1-5-11-18)25(30)17-33-21(16-32-24(29)20-14-8-3-9-15-20)26(25,31)23(28)19-12-6-2-7-13-19/h1-15,21,30-31H,16-17H2/t21-,25-,26+/m1/s1. The number of carbonyl (C=O) groups is 3. The molecule has 1 aliphatic heterocycles. The van der Waals surface area contributed by atoms with Gasteiger partial charge in [-0.15, -0.1) is 0 Å². The van der Waals surface area contributed by atoms with Crippen LogP contribution in [0.25, 0.3) is 0 Å². The normalized spacial score (nSPS) is 24.2. The highest BCUT2D eigenvalue weighted by Crippen LogP contribution is 2.40. The zero-order chi connectivity index (χ0) is 23.5. The number of ketones is 2. The van der Waals surface area contributed by atoms with Gasteiger partial charge in [-0.05, 0) is 12.1 Å². The molecule has 3 atom stereocenters. The Balaban J connectivity index is 1.68. The van der Waals surface area contributed by atoms with Crippen LogP contribution in [0.2, 0.25) is 0 Å². The summed E-state index contributed by atoms with van der Waals surface area (Å²) in [6.07, 6.45) is -1.48. The number of Topliss-reactive ketones (excluding diaryl/α,β-unsaturated/α-hetero) is 2. The van der Waals surface area contributed by atoms with Crippen LogP contribution in [-0.4, -0.2) is 58.3 Å². The first-order chi connectivity index (χ1) is 15.9. The van der Waals surface area contributed by atoms with E-state index in [0.29, 0.717) is 0 Å². The lowest BCUT2D eigenvalue weighted by molar-refractivity contribution is -0.0953. The van der Waals surface area contributed by atoms with Crippen LogP contribution in [0, 0.1) is 0 Å². The number of esters is 1. The van der Waals surface area contributed by atoms with E-state index in [1.54, 1.807) is 66.7 Å². The summed E-state index contributed by atoms with van der Waals surface area (Å²) in [6.45, 7) is -1.20. The molecule has 3 aromatic carbocycles. The van der Waals surface area contributed by atoms with Gasteiger partial charge in [0.1, 0.15) is 12.7 Å². The summed E-state index contributed by atoms with van der Waals surface area (Å²) in [5.41, 5.74) is -4.85. The van der Waals surface area contributed by atoms with Crippen molar-refractivity contribution in [1.82, 2.24) is 0 Å². The number of benzene rings is 3. The van der Waals surface area contributed by atoms with Crippen molar-refractivity contribution in [3.05, 3.63) is 108 Å². The molecule has 0 aromatic heterocycles. The third-order valence-corrected chi connectivity index (χ3v) is 5.76. The predicted octanol–water partition coefficient (Wildman–Crippen LogP) is 2.47. The van der Waals surface area contributed by atoms with Crippen LogP contribution in [0.3, 0.4) is 0 Å². The largest absolute Gasteiger partial charge is 0.459 e. The highest BCUT2D eigenvalue weighted by molar-refractivity contribution is 6.13. The molecular formula is C26H22O7. The summed E-state index contributed by atoms with van der Waals surface area (Å²) >= 11 is 0. The number of hydrogen-bond donors (Lipinski definition) is 2. The molecule has 0 bridgehead atoms. The summed E-state index contributed by atoms with van der Waals surface area (Å²) in [7, 11) is 0. The molecule has 7 heteroatoms. The molecule has 7 nitrogen and oxygen atoms in total. The Labute approximate surface area is 190 Å². The van der Waals surface area contributed by atoms with Crippen LogP contribution >= 0.6 is 0 Å². The van der Waals surface area contributed by atoms with Gasteiger partial charge in [0.25, 0.3) is 0 Å². The van der Waals surface area contributed by atoms with Gasteiger partial charge in [-0.3, -0.25) is 9.59 Å². The molecule has 0 spiro atoms. The molecule has 2 N–H and O–H groups in total. The molecule has 1 heterocycles. The average Bonchev–Trinajstić information content (AvgIpc) is 3.14. The summed E-state index contributed by atoms with van der Waals surface area (Å²) in [5, 5.41) is 23.1. The molecule has 1 fully saturated rings. The van der Waals surface area contributed by atoms with Crippen molar-refractivity contribution in [3.63, 3.8) is 0 Å². The number of aliphatic hydroxyl groups is 2. The Hall–Kier alpha value is -3.65. The van der Waals surface area contributed by atoms with Crippen LogP contribution in [0.5, 0.6) is 0 Å². The molecule has 0 aliphatic carbocycles. The molecule has 0 saturated carbocycles. The van der Waals surface area contributed by atoms with Crippen molar-refractivity contribution in [1.29, 1.82) is 0 Å². The van der Waals surface area contributed by atoms with Gasteiger partial charge < -0.3 is 19.7 Å². The molecule has 0 amide bonds. The van der Waals surface area contributed by atoms with Gasteiger partial charge in [-0.25, -0.2) is 4.79 Å². The Morgan fingerprint density at radius 3 is 1.73 bits per heavy atom. The van der Waals surface area contributed by atoms with Gasteiger partial charge >= 0.3 is 5.97 Å². The zero-order valence-corrected chi connectivity index (χ0v) is 17.6. The molecule has 0 radical (unpaired) electrons. The maximum atomic E-state index is 13.5. The molecule has 1 aliphatic rings. The first-order valence-corrected chi connectivity index (χ1v) is 10.4. The summed E-state index contributed by atoms with van der Waals surface area (Å²) in [6, 6.07) is 23.8. The lowest BCUT2D eigenvalue weighted by atomic mass is 9.72. The summed E-state index contributed by atoms with van der Waals surface area (Å²) in [5.74, 6) is -2.47. The molecule has 1 saturated heterocycles. The highest BCUT2D eigenvalue weighted by atomic mass is 16.6. The second-order valence-electron chi connectivity index (χ2n) is 7.78. The molecule has 0 unspecified atom stereocenters. The fourth-order valence-electron chi connectivity index (χ4n) is 3.91. The molecule has 3 aromatic rings. The number of ether oxygens (including phenoxy) is 2. The summed E-state index contributed by atoms with van der Waals surface area (Å²) < 4.78 is 10.8. The van der Waals surface area contributed by atoms with Gasteiger partial charge in [-0.2, -0.15) is 0 Å². The van der Waals surface area contributed by atoms with E-state index < -0.39 is 48.1 Å². The Kier molecular flexibility index (Phi) is 6.20. The number of carbonyl (C=O) groups excluding carboxylic acids is 3. The van der Waals surface area contributed by atoms with Crippen LogP contribution in [-0.2, 0) is 9.47 Å². The van der Waals surface area contributed by atoms with E-state index in [2.05, 4.69) is 0 Å². The second-order valence-corrected chi connectivity index (χ2v) is 7.78. The minimum Gasteiger partial charge on any atom is -0.459 e. The van der Waals surface area contributed by atoms with Gasteiger partial charge in [0.2, 0.25) is 5.78 Å². The number of rotatable bonds is 7. The second kappa shape index (κ2) is 9.07. The van der Waals surface area contributed by atoms with Gasteiger partial charge in [0.05, 0.1) is 12.2 Å². The van der Waals surface area contributed by atoms with Crippen LogP contribution < -0.4 is 0 Å². The molecule has 168 valence electrons. The summed E-state index contributed by atoms with van der Waals surface area (Å²) in [4.78, 5) is 39.1. The van der Waals surface area contributed by atoms with Gasteiger partial charge in [0, 0.05) is 11.1 Å². The monoisotopic (exact) mass is 446 g/mol. The van der Waals surface area contributed by atoms with E-state index in [9.17, 15) is 24.6 Å². The first kappa shape index (κ1) is 22.5. The maximum absolute atomic E-state index is 13.5. The topological polar surface area (TPSA) is 110 Å².